The Kier molecular flexibility index (Phi) is 4.16. The van der Waals surface area contributed by atoms with Crippen molar-refractivity contribution in [3.8, 4) is 0 Å². The molecule has 2 aromatic rings. The van der Waals surface area contributed by atoms with Crippen LogP contribution in [-0.2, 0) is 13.6 Å². The molecule has 2 aromatic heterocycles. The molecule has 0 aliphatic heterocycles. The van der Waals surface area contributed by atoms with Crippen molar-refractivity contribution in [1.82, 2.24) is 14.5 Å². The van der Waals surface area contributed by atoms with E-state index in [2.05, 4.69) is 27.9 Å². The number of imidazole rings is 1. The van der Waals surface area contributed by atoms with E-state index < -0.39 is 0 Å². The summed E-state index contributed by atoms with van der Waals surface area (Å²) < 4.78 is 2.02. The molecule has 0 aliphatic carbocycles. The standard InChI is InChI=1S/C14H21N5/c1-4-12(15)13-6-5-11(9-17-13)19(3)10-14-16-7-8-18(14)2/h5-9,12H,4,10,15H2,1-3H3/t12-/m0/s1. The third kappa shape index (κ3) is 3.12. The maximum Gasteiger partial charge on any atom is 0.127 e. The summed E-state index contributed by atoms with van der Waals surface area (Å²) in [6.07, 6.45) is 6.53. The number of anilines is 1. The van der Waals surface area contributed by atoms with Gasteiger partial charge in [-0.3, -0.25) is 4.98 Å². The molecule has 0 saturated carbocycles. The van der Waals surface area contributed by atoms with Crippen LogP contribution >= 0.6 is 0 Å². The molecule has 5 nitrogen and oxygen atoms in total. The van der Waals surface area contributed by atoms with Crippen molar-refractivity contribution >= 4 is 5.69 Å². The minimum absolute atomic E-state index is 0.0221. The van der Waals surface area contributed by atoms with Gasteiger partial charge in [0.15, 0.2) is 0 Å². The predicted molar refractivity (Wildman–Crippen MR) is 76.8 cm³/mol. The molecular weight excluding hydrogens is 238 g/mol. The smallest absolute Gasteiger partial charge is 0.127 e. The molecule has 2 heterocycles. The van der Waals surface area contributed by atoms with Gasteiger partial charge in [0.05, 0.1) is 24.1 Å². The second-order valence-electron chi connectivity index (χ2n) is 4.77. The minimum Gasteiger partial charge on any atom is -0.366 e. The summed E-state index contributed by atoms with van der Waals surface area (Å²) in [6, 6.07) is 4.08. The van der Waals surface area contributed by atoms with Crippen molar-refractivity contribution in [1.29, 1.82) is 0 Å². The second kappa shape index (κ2) is 5.84. The number of rotatable bonds is 5. The highest BCUT2D eigenvalue weighted by Crippen LogP contribution is 2.17. The van der Waals surface area contributed by atoms with Crippen molar-refractivity contribution in [3.63, 3.8) is 0 Å². The molecule has 0 spiro atoms. The molecule has 2 rings (SSSR count). The number of nitrogens with two attached hydrogens (primary N) is 1. The Balaban J connectivity index is 2.07. The third-order valence-corrected chi connectivity index (χ3v) is 3.33. The molecule has 1 atom stereocenters. The summed E-state index contributed by atoms with van der Waals surface area (Å²) in [5.74, 6) is 1.02. The lowest BCUT2D eigenvalue weighted by atomic mass is 10.1. The lowest BCUT2D eigenvalue weighted by Gasteiger charge is -2.19. The monoisotopic (exact) mass is 259 g/mol. The lowest BCUT2D eigenvalue weighted by molar-refractivity contribution is 0.674. The summed E-state index contributed by atoms with van der Waals surface area (Å²) in [7, 11) is 4.03. The second-order valence-corrected chi connectivity index (χ2v) is 4.77. The zero-order valence-electron chi connectivity index (χ0n) is 11.7. The van der Waals surface area contributed by atoms with Gasteiger partial charge in [0.1, 0.15) is 5.82 Å². The van der Waals surface area contributed by atoms with E-state index in [0.29, 0.717) is 0 Å². The van der Waals surface area contributed by atoms with Crippen LogP contribution in [0.15, 0.2) is 30.7 Å². The number of aryl methyl sites for hydroxylation is 1. The van der Waals surface area contributed by atoms with Crippen LogP contribution in [0.5, 0.6) is 0 Å². The van der Waals surface area contributed by atoms with E-state index in [1.165, 1.54) is 0 Å². The van der Waals surface area contributed by atoms with Gasteiger partial charge >= 0.3 is 0 Å². The summed E-state index contributed by atoms with van der Waals surface area (Å²) in [4.78, 5) is 10.9. The fraction of sp³-hybridized carbons (Fsp3) is 0.429. The first-order valence-corrected chi connectivity index (χ1v) is 6.50. The van der Waals surface area contributed by atoms with Gasteiger partial charge < -0.3 is 15.2 Å². The van der Waals surface area contributed by atoms with E-state index in [0.717, 1.165) is 30.2 Å². The Morgan fingerprint density at radius 2 is 2.16 bits per heavy atom. The average Bonchev–Trinajstić information content (AvgIpc) is 2.83. The first kappa shape index (κ1) is 13.5. The molecule has 5 heteroatoms. The van der Waals surface area contributed by atoms with Crippen LogP contribution in [0.1, 0.15) is 30.9 Å². The Labute approximate surface area is 114 Å². The van der Waals surface area contributed by atoms with Crippen molar-refractivity contribution in [3.05, 3.63) is 42.2 Å². The van der Waals surface area contributed by atoms with E-state index >= 15 is 0 Å². The Hall–Kier alpha value is -1.88. The van der Waals surface area contributed by atoms with Crippen LogP contribution in [0.25, 0.3) is 0 Å². The number of pyridine rings is 1. The molecule has 0 saturated heterocycles. The maximum atomic E-state index is 5.96. The molecule has 0 aliphatic rings. The molecule has 0 bridgehead atoms. The van der Waals surface area contributed by atoms with Crippen molar-refractivity contribution in [2.45, 2.75) is 25.9 Å². The quantitative estimate of drug-likeness (QED) is 0.890. The van der Waals surface area contributed by atoms with Gasteiger partial charge in [0.2, 0.25) is 0 Å². The van der Waals surface area contributed by atoms with Crippen molar-refractivity contribution in [2.75, 3.05) is 11.9 Å². The molecule has 0 amide bonds. The molecule has 19 heavy (non-hydrogen) atoms. The highest BCUT2D eigenvalue weighted by atomic mass is 15.2. The lowest BCUT2D eigenvalue weighted by Crippen LogP contribution is -2.19. The molecule has 0 fully saturated rings. The summed E-state index contributed by atoms with van der Waals surface area (Å²) in [5, 5.41) is 0. The van der Waals surface area contributed by atoms with Gasteiger partial charge in [-0.1, -0.05) is 6.92 Å². The molecule has 2 N–H and O–H groups in total. The Bertz CT molecular complexity index is 517. The van der Waals surface area contributed by atoms with E-state index in [9.17, 15) is 0 Å². The molecule has 102 valence electrons. The van der Waals surface area contributed by atoms with Gasteiger partial charge in [-0.05, 0) is 18.6 Å². The Morgan fingerprint density at radius 1 is 1.37 bits per heavy atom. The normalized spacial score (nSPS) is 12.4. The van der Waals surface area contributed by atoms with Crippen LogP contribution in [0.2, 0.25) is 0 Å². The fourth-order valence-corrected chi connectivity index (χ4v) is 1.90. The van der Waals surface area contributed by atoms with Gasteiger partial charge in [0.25, 0.3) is 0 Å². The summed E-state index contributed by atoms with van der Waals surface area (Å²) in [5.41, 5.74) is 7.97. The number of aromatic nitrogens is 3. The number of hydrogen-bond acceptors (Lipinski definition) is 4. The fourth-order valence-electron chi connectivity index (χ4n) is 1.90. The van der Waals surface area contributed by atoms with Crippen molar-refractivity contribution in [2.24, 2.45) is 12.8 Å². The highest BCUT2D eigenvalue weighted by Gasteiger charge is 2.08. The van der Waals surface area contributed by atoms with Crippen LogP contribution in [0, 0.1) is 0 Å². The average molecular weight is 259 g/mol. The number of nitrogens with zero attached hydrogens (tertiary/aromatic N) is 4. The molecular formula is C14H21N5. The van der Waals surface area contributed by atoms with Crippen LogP contribution in [0.4, 0.5) is 5.69 Å². The topological polar surface area (TPSA) is 60.0 Å². The zero-order chi connectivity index (χ0) is 13.8. The SMILES string of the molecule is CC[C@H](N)c1ccc(N(C)Cc2nccn2C)cn1. The first-order chi connectivity index (χ1) is 9.11. The molecule has 0 unspecified atom stereocenters. The van der Waals surface area contributed by atoms with Crippen molar-refractivity contribution < 1.29 is 0 Å². The largest absolute Gasteiger partial charge is 0.366 e. The van der Waals surface area contributed by atoms with Gasteiger partial charge in [-0.2, -0.15) is 0 Å². The van der Waals surface area contributed by atoms with Crippen LogP contribution in [-0.4, -0.2) is 21.6 Å². The highest BCUT2D eigenvalue weighted by molar-refractivity contribution is 5.44. The maximum absolute atomic E-state index is 5.96. The van der Waals surface area contributed by atoms with E-state index in [1.54, 1.807) is 0 Å². The minimum atomic E-state index is 0.0221. The number of hydrogen-bond donors (Lipinski definition) is 1. The van der Waals surface area contributed by atoms with Crippen LogP contribution < -0.4 is 10.6 Å². The van der Waals surface area contributed by atoms with E-state index in [4.69, 9.17) is 5.73 Å². The Morgan fingerprint density at radius 3 is 2.68 bits per heavy atom. The zero-order valence-corrected chi connectivity index (χ0v) is 11.7. The van der Waals surface area contributed by atoms with Crippen LogP contribution in [0.3, 0.4) is 0 Å². The van der Waals surface area contributed by atoms with Gasteiger partial charge in [-0.25, -0.2) is 4.98 Å². The summed E-state index contributed by atoms with van der Waals surface area (Å²) in [6.45, 7) is 2.82. The molecule has 0 radical (unpaired) electrons. The first-order valence-electron chi connectivity index (χ1n) is 6.50. The van der Waals surface area contributed by atoms with Gasteiger partial charge in [-0.15, -0.1) is 0 Å². The van der Waals surface area contributed by atoms with E-state index in [-0.39, 0.29) is 6.04 Å². The van der Waals surface area contributed by atoms with Gasteiger partial charge in [0, 0.05) is 32.5 Å². The molecule has 0 aromatic carbocycles. The predicted octanol–water partition coefficient (Wildman–Crippen LogP) is 1.86. The third-order valence-electron chi connectivity index (χ3n) is 3.33. The summed E-state index contributed by atoms with van der Waals surface area (Å²) >= 11 is 0. The van der Waals surface area contributed by atoms with E-state index in [1.807, 2.05) is 43.3 Å².